The number of carbonyl (C=O) groups is 2. The first kappa shape index (κ1) is 16.9. The maximum atomic E-state index is 13.3. The quantitative estimate of drug-likeness (QED) is 0.822. The summed E-state index contributed by atoms with van der Waals surface area (Å²) in [6, 6.07) is 3.94. The first-order valence-corrected chi connectivity index (χ1v) is 7.67. The second-order valence-electron chi connectivity index (χ2n) is 5.23. The van der Waals surface area contributed by atoms with E-state index in [9.17, 15) is 14.0 Å². The molecule has 1 saturated heterocycles. The number of halogens is 2. The lowest BCUT2D eigenvalue weighted by molar-refractivity contribution is -0.158. The molecule has 1 fully saturated rings. The summed E-state index contributed by atoms with van der Waals surface area (Å²) in [6.45, 7) is 1.02. The van der Waals surface area contributed by atoms with Gasteiger partial charge in [0.25, 0.3) is 5.91 Å². The van der Waals surface area contributed by atoms with Crippen molar-refractivity contribution in [2.24, 2.45) is 5.41 Å². The standard InChI is InChI=1S/C15H17BrFNO4/c1-21-14(20)15(2-4-22-5-3-15)9-18-13(19)10-6-11(16)8-12(17)7-10/h6-8H,2-5,9H2,1H3,(H,18,19). The molecule has 1 amide bonds. The lowest BCUT2D eigenvalue weighted by Crippen LogP contribution is -2.47. The lowest BCUT2D eigenvalue weighted by atomic mass is 9.80. The Bertz CT molecular complexity index is 552. The highest BCUT2D eigenvalue weighted by molar-refractivity contribution is 9.10. The number of methoxy groups -OCH3 is 1. The molecule has 0 atom stereocenters. The SMILES string of the molecule is COC(=O)C1(CNC(=O)c2cc(F)cc(Br)c2)CCOCC1. The van der Waals surface area contributed by atoms with Gasteiger partial charge in [-0.25, -0.2) is 4.39 Å². The van der Waals surface area contributed by atoms with E-state index in [2.05, 4.69) is 21.2 Å². The van der Waals surface area contributed by atoms with Crippen molar-refractivity contribution >= 4 is 27.8 Å². The van der Waals surface area contributed by atoms with E-state index >= 15 is 0 Å². The van der Waals surface area contributed by atoms with Crippen LogP contribution in [0.1, 0.15) is 23.2 Å². The molecule has 0 spiro atoms. The molecule has 0 aromatic heterocycles. The van der Waals surface area contributed by atoms with Gasteiger partial charge in [-0.05, 0) is 31.0 Å². The molecule has 7 heteroatoms. The van der Waals surface area contributed by atoms with Gasteiger partial charge in [0.1, 0.15) is 5.82 Å². The monoisotopic (exact) mass is 373 g/mol. The third-order valence-electron chi connectivity index (χ3n) is 3.78. The molecule has 22 heavy (non-hydrogen) atoms. The molecule has 0 saturated carbocycles. The fourth-order valence-electron chi connectivity index (χ4n) is 2.47. The average molecular weight is 374 g/mol. The summed E-state index contributed by atoms with van der Waals surface area (Å²) in [5.41, 5.74) is -0.591. The third kappa shape index (κ3) is 3.84. The minimum absolute atomic E-state index is 0.135. The van der Waals surface area contributed by atoms with Gasteiger partial charge in [-0.3, -0.25) is 9.59 Å². The van der Waals surface area contributed by atoms with Gasteiger partial charge in [0.05, 0.1) is 12.5 Å². The number of carbonyl (C=O) groups excluding carboxylic acids is 2. The zero-order valence-corrected chi connectivity index (χ0v) is 13.7. The molecule has 120 valence electrons. The number of amides is 1. The van der Waals surface area contributed by atoms with E-state index in [1.54, 1.807) is 0 Å². The van der Waals surface area contributed by atoms with Crippen LogP contribution in [0.25, 0.3) is 0 Å². The average Bonchev–Trinajstić information content (AvgIpc) is 2.51. The van der Waals surface area contributed by atoms with Crippen LogP contribution in [-0.4, -0.2) is 38.7 Å². The van der Waals surface area contributed by atoms with Crippen LogP contribution < -0.4 is 5.32 Å². The Labute approximate surface area is 136 Å². The first-order chi connectivity index (χ1) is 10.5. The molecular formula is C15H17BrFNO4. The summed E-state index contributed by atoms with van der Waals surface area (Å²) in [7, 11) is 1.32. The van der Waals surface area contributed by atoms with Gasteiger partial charge in [-0.1, -0.05) is 15.9 Å². The van der Waals surface area contributed by atoms with E-state index in [0.29, 0.717) is 30.5 Å². The Balaban J connectivity index is 2.08. The number of esters is 1. The maximum Gasteiger partial charge on any atom is 0.313 e. The Kier molecular flexibility index (Phi) is 5.52. The predicted molar refractivity (Wildman–Crippen MR) is 80.9 cm³/mol. The molecule has 0 radical (unpaired) electrons. The van der Waals surface area contributed by atoms with Gasteiger partial charge in [-0.2, -0.15) is 0 Å². The van der Waals surface area contributed by atoms with Crippen LogP contribution in [-0.2, 0) is 14.3 Å². The maximum absolute atomic E-state index is 13.3. The van der Waals surface area contributed by atoms with Gasteiger partial charge in [0, 0.05) is 29.8 Å². The van der Waals surface area contributed by atoms with Crippen molar-refractivity contribution in [3.63, 3.8) is 0 Å². The first-order valence-electron chi connectivity index (χ1n) is 6.87. The highest BCUT2D eigenvalue weighted by Gasteiger charge is 2.41. The van der Waals surface area contributed by atoms with Gasteiger partial charge in [-0.15, -0.1) is 0 Å². The fraction of sp³-hybridized carbons (Fsp3) is 0.467. The summed E-state index contributed by atoms with van der Waals surface area (Å²) >= 11 is 3.14. The van der Waals surface area contributed by atoms with E-state index in [4.69, 9.17) is 9.47 Å². The van der Waals surface area contributed by atoms with E-state index in [0.717, 1.165) is 6.07 Å². The van der Waals surface area contributed by atoms with Gasteiger partial charge >= 0.3 is 5.97 Å². The summed E-state index contributed by atoms with van der Waals surface area (Å²) in [6.07, 6.45) is 0.958. The van der Waals surface area contributed by atoms with E-state index in [1.807, 2.05) is 0 Å². The Morgan fingerprint density at radius 3 is 2.64 bits per heavy atom. The predicted octanol–water partition coefficient (Wildman–Crippen LogP) is 2.29. The van der Waals surface area contributed by atoms with Crippen molar-refractivity contribution in [2.75, 3.05) is 26.9 Å². The zero-order valence-electron chi connectivity index (χ0n) is 12.2. The van der Waals surface area contributed by atoms with E-state index in [1.165, 1.54) is 19.2 Å². The molecule has 1 N–H and O–H groups in total. The van der Waals surface area contributed by atoms with Crippen LogP contribution in [0.3, 0.4) is 0 Å². The highest BCUT2D eigenvalue weighted by Crippen LogP contribution is 2.31. The summed E-state index contributed by atoms with van der Waals surface area (Å²) in [4.78, 5) is 24.2. The summed E-state index contributed by atoms with van der Waals surface area (Å²) in [5.74, 6) is -1.31. The van der Waals surface area contributed by atoms with E-state index < -0.39 is 17.1 Å². The molecular weight excluding hydrogens is 357 g/mol. The van der Waals surface area contributed by atoms with Crippen LogP contribution in [0.4, 0.5) is 4.39 Å². The molecule has 2 rings (SSSR count). The van der Waals surface area contributed by atoms with Crippen molar-refractivity contribution < 1.29 is 23.5 Å². The third-order valence-corrected chi connectivity index (χ3v) is 4.24. The van der Waals surface area contributed by atoms with Gasteiger partial charge in [0.15, 0.2) is 0 Å². The Hall–Kier alpha value is -1.47. The number of hydrogen-bond donors (Lipinski definition) is 1. The van der Waals surface area contributed by atoms with Crippen molar-refractivity contribution in [3.8, 4) is 0 Å². The van der Waals surface area contributed by atoms with E-state index in [-0.39, 0.29) is 18.1 Å². The molecule has 1 aliphatic rings. The minimum Gasteiger partial charge on any atom is -0.469 e. The number of nitrogens with one attached hydrogen (secondary N) is 1. The van der Waals surface area contributed by atoms with Crippen LogP contribution in [0.5, 0.6) is 0 Å². The lowest BCUT2D eigenvalue weighted by Gasteiger charge is -2.34. The molecule has 0 aliphatic carbocycles. The number of benzene rings is 1. The van der Waals surface area contributed by atoms with Crippen molar-refractivity contribution in [2.45, 2.75) is 12.8 Å². The molecule has 1 aromatic carbocycles. The molecule has 1 aliphatic heterocycles. The highest BCUT2D eigenvalue weighted by atomic mass is 79.9. The molecule has 1 aromatic rings. The van der Waals surface area contributed by atoms with Crippen molar-refractivity contribution in [3.05, 3.63) is 34.1 Å². The summed E-state index contributed by atoms with van der Waals surface area (Å²) < 4.78 is 23.9. The molecule has 5 nitrogen and oxygen atoms in total. The normalized spacial score (nSPS) is 16.9. The van der Waals surface area contributed by atoms with Gasteiger partial charge < -0.3 is 14.8 Å². The topological polar surface area (TPSA) is 64.6 Å². The smallest absolute Gasteiger partial charge is 0.313 e. The van der Waals surface area contributed by atoms with Gasteiger partial charge in [0.2, 0.25) is 0 Å². The number of ether oxygens (including phenoxy) is 2. The van der Waals surface area contributed by atoms with Crippen molar-refractivity contribution in [1.29, 1.82) is 0 Å². The second kappa shape index (κ2) is 7.19. The fourth-order valence-corrected chi connectivity index (χ4v) is 2.93. The molecule has 0 bridgehead atoms. The second-order valence-corrected chi connectivity index (χ2v) is 6.14. The Morgan fingerprint density at radius 2 is 2.05 bits per heavy atom. The van der Waals surface area contributed by atoms with Crippen LogP contribution in [0, 0.1) is 11.2 Å². The minimum atomic E-state index is -0.785. The summed E-state index contributed by atoms with van der Waals surface area (Å²) in [5, 5.41) is 2.70. The zero-order chi connectivity index (χ0) is 16.2. The van der Waals surface area contributed by atoms with Crippen molar-refractivity contribution in [1.82, 2.24) is 5.32 Å². The number of hydrogen-bond acceptors (Lipinski definition) is 4. The Morgan fingerprint density at radius 1 is 1.36 bits per heavy atom. The van der Waals surface area contributed by atoms with Crippen LogP contribution in [0.2, 0.25) is 0 Å². The van der Waals surface area contributed by atoms with Crippen LogP contribution >= 0.6 is 15.9 Å². The molecule has 1 heterocycles. The largest absolute Gasteiger partial charge is 0.469 e. The number of rotatable bonds is 4. The molecule has 0 unspecified atom stereocenters. The van der Waals surface area contributed by atoms with Crippen LogP contribution in [0.15, 0.2) is 22.7 Å².